The van der Waals surface area contributed by atoms with E-state index in [4.69, 9.17) is 21.1 Å². The molecule has 0 bridgehead atoms. The molecule has 1 heterocycles. The quantitative estimate of drug-likeness (QED) is 0.233. The van der Waals surface area contributed by atoms with Crippen molar-refractivity contribution in [2.45, 2.75) is 6.92 Å². The minimum Gasteiger partial charge on any atom is -0.484 e. The van der Waals surface area contributed by atoms with Crippen LogP contribution in [0.5, 0.6) is 0 Å². The molecule has 0 aliphatic carbocycles. The highest BCUT2D eigenvalue weighted by Crippen LogP contribution is 2.27. The normalized spacial score (nSPS) is 14.4. The molecule has 98 valence electrons. The van der Waals surface area contributed by atoms with E-state index in [0.717, 1.165) is 0 Å². The summed E-state index contributed by atoms with van der Waals surface area (Å²) in [7, 11) is 0. The summed E-state index contributed by atoms with van der Waals surface area (Å²) in [5, 5.41) is 0.561. The Morgan fingerprint density at radius 1 is 1.56 bits per heavy atom. The Morgan fingerprint density at radius 2 is 2.28 bits per heavy atom. The van der Waals surface area contributed by atoms with Gasteiger partial charge in [0.1, 0.15) is 13.2 Å². The summed E-state index contributed by atoms with van der Waals surface area (Å²) in [6.07, 6.45) is 2.28. The van der Waals surface area contributed by atoms with Crippen LogP contribution in [0.4, 0.5) is 0 Å². The van der Waals surface area contributed by atoms with Gasteiger partial charge in [0.15, 0.2) is 10.1 Å². The van der Waals surface area contributed by atoms with E-state index in [0.29, 0.717) is 26.2 Å². The minimum absolute atomic E-state index is 0.127. The van der Waals surface area contributed by atoms with Gasteiger partial charge in [0.2, 0.25) is 0 Å². The second kappa shape index (κ2) is 7.48. The Hall–Kier alpha value is -0.950. The summed E-state index contributed by atoms with van der Waals surface area (Å²) < 4.78 is 12.8. The van der Waals surface area contributed by atoms with Gasteiger partial charge in [-0.05, 0) is 37.7 Å². The zero-order chi connectivity index (χ0) is 13.5. The summed E-state index contributed by atoms with van der Waals surface area (Å²) in [6, 6.07) is 0. The number of allylic oxidation sites excluding steroid dienone is 3. The molecule has 0 aromatic heterocycles. The van der Waals surface area contributed by atoms with Crippen LogP contribution in [0, 0.1) is 0 Å². The fraction of sp³-hybridized carbons (Fsp3) is 0.250. The molecule has 1 rings (SSSR count). The average Bonchev–Trinajstić information content (AvgIpc) is 2.35. The molecular weight excluding hydrogens is 370 g/mol. The summed E-state index contributed by atoms with van der Waals surface area (Å²) in [5.41, 5.74) is 0.803. The number of hydrogen-bond donors (Lipinski definition) is 0. The number of aldehydes is 1. The predicted molar refractivity (Wildman–Crippen MR) is 78.8 cm³/mol. The number of rotatable bonds is 6. The highest BCUT2D eigenvalue weighted by molar-refractivity contribution is 14.2. The maximum Gasteiger partial charge on any atom is 0.333 e. The molecule has 1 aliphatic heterocycles. The van der Waals surface area contributed by atoms with Crippen molar-refractivity contribution >= 4 is 48.6 Å². The molecule has 0 radical (unpaired) electrons. The van der Waals surface area contributed by atoms with Gasteiger partial charge in [-0.1, -0.05) is 18.2 Å². The predicted octanol–water partition coefficient (Wildman–Crippen LogP) is 2.44. The van der Waals surface area contributed by atoms with E-state index in [-0.39, 0.29) is 13.2 Å². The Kier molecular flexibility index (Phi) is 6.28. The second-order valence-corrected chi connectivity index (χ2v) is 6.02. The van der Waals surface area contributed by atoms with Crippen LogP contribution in [0.1, 0.15) is 6.92 Å². The first-order valence-corrected chi connectivity index (χ1v) is 7.73. The summed E-state index contributed by atoms with van der Waals surface area (Å²) in [4.78, 5) is 21.9. The van der Waals surface area contributed by atoms with E-state index in [1.807, 2.05) is 4.01 Å². The Bertz CT molecular complexity index is 463. The molecule has 4 nitrogen and oxygen atoms in total. The molecule has 0 unspecified atom stereocenters. The van der Waals surface area contributed by atoms with Gasteiger partial charge in [-0.15, -0.1) is 0 Å². The molecule has 0 fully saturated rings. The Labute approximate surface area is 120 Å². The third-order valence-electron chi connectivity index (χ3n) is 1.80. The molecule has 0 saturated carbocycles. The number of carbonyl (C=O) groups excluding carboxylic acids is 2. The fourth-order valence-electron chi connectivity index (χ4n) is 0.985. The highest BCUT2D eigenvalue weighted by atomic mass is 127. The largest absolute Gasteiger partial charge is 0.484 e. The first-order valence-electron chi connectivity index (χ1n) is 5.03. The first-order chi connectivity index (χ1) is 8.54. The number of hydrogen-bond acceptors (Lipinski definition) is 4. The van der Waals surface area contributed by atoms with Gasteiger partial charge in [0, 0.05) is 10.6 Å². The summed E-state index contributed by atoms with van der Waals surface area (Å²) in [5.74, 6) is -0.448. The van der Waals surface area contributed by atoms with Crippen molar-refractivity contribution in [1.82, 2.24) is 0 Å². The SMILES string of the molecule is C=C(C)C(=O)OCCOC1=C(C=O)C=C(Cl)C=I1. The molecule has 6 heteroatoms. The van der Waals surface area contributed by atoms with Crippen LogP contribution in [0.2, 0.25) is 0 Å². The van der Waals surface area contributed by atoms with E-state index >= 15 is 0 Å². The molecule has 18 heavy (non-hydrogen) atoms. The van der Waals surface area contributed by atoms with Gasteiger partial charge in [-0.25, -0.2) is 4.79 Å². The molecule has 0 aromatic carbocycles. The third kappa shape index (κ3) is 4.73. The maximum absolute atomic E-state index is 11.1. The van der Waals surface area contributed by atoms with Crippen LogP contribution in [0.15, 0.2) is 32.6 Å². The van der Waals surface area contributed by atoms with E-state index in [1.54, 1.807) is 13.0 Å². The average molecular weight is 383 g/mol. The number of carbonyl (C=O) groups is 2. The van der Waals surface area contributed by atoms with Gasteiger partial charge in [0.25, 0.3) is 0 Å². The minimum atomic E-state index is -0.541. The topological polar surface area (TPSA) is 52.6 Å². The molecule has 0 amide bonds. The van der Waals surface area contributed by atoms with Crippen LogP contribution in [0.25, 0.3) is 0 Å². The number of esters is 1. The van der Waals surface area contributed by atoms with Gasteiger partial charge >= 0.3 is 5.97 Å². The van der Waals surface area contributed by atoms with Crippen molar-refractivity contribution in [3.05, 3.63) is 32.6 Å². The molecule has 0 spiro atoms. The van der Waals surface area contributed by atoms with Gasteiger partial charge in [-0.2, -0.15) is 0 Å². The van der Waals surface area contributed by atoms with Gasteiger partial charge in [0.05, 0.1) is 5.57 Å². The second-order valence-electron chi connectivity index (χ2n) is 3.36. The van der Waals surface area contributed by atoms with E-state index in [2.05, 4.69) is 6.58 Å². The van der Waals surface area contributed by atoms with Crippen LogP contribution in [-0.2, 0) is 19.1 Å². The third-order valence-corrected chi connectivity index (χ3v) is 4.87. The monoisotopic (exact) mass is 382 g/mol. The lowest BCUT2D eigenvalue weighted by atomic mass is 10.3. The number of halogens is 2. The molecule has 0 saturated heterocycles. The standard InChI is InChI=1S/C12H12ClIO4/c1-8(2)12(16)18-4-3-17-11-9(7-15)5-10(13)6-14-11/h5-7H,1,3-4H2,2H3. The van der Waals surface area contributed by atoms with E-state index in [1.165, 1.54) is 0 Å². The fourth-order valence-corrected chi connectivity index (χ4v) is 3.18. The first kappa shape index (κ1) is 15.1. The van der Waals surface area contributed by atoms with E-state index in [9.17, 15) is 9.59 Å². The smallest absolute Gasteiger partial charge is 0.333 e. The van der Waals surface area contributed by atoms with E-state index < -0.39 is 26.7 Å². The van der Waals surface area contributed by atoms with Crippen LogP contribution in [0.3, 0.4) is 0 Å². The molecule has 0 atom stereocenters. The molecule has 0 N–H and O–H groups in total. The maximum atomic E-state index is 11.1. The van der Waals surface area contributed by atoms with Crippen molar-refractivity contribution < 1.29 is 19.1 Å². The lowest BCUT2D eigenvalue weighted by Gasteiger charge is -2.11. The van der Waals surface area contributed by atoms with Crippen LogP contribution >= 0.6 is 32.3 Å². The summed E-state index contributed by atoms with van der Waals surface area (Å²) >= 11 is 5.26. The number of ether oxygens (including phenoxy) is 2. The van der Waals surface area contributed by atoms with Crippen molar-refractivity contribution in [2.24, 2.45) is 0 Å². The van der Waals surface area contributed by atoms with Crippen molar-refractivity contribution in [3.63, 3.8) is 0 Å². The lowest BCUT2D eigenvalue weighted by molar-refractivity contribution is -0.140. The molecular formula is C12H12ClIO4. The molecule has 1 aliphatic rings. The Balaban J connectivity index is 2.45. The van der Waals surface area contributed by atoms with Crippen LogP contribution in [-0.4, -0.2) is 29.5 Å². The highest BCUT2D eigenvalue weighted by Gasteiger charge is 2.09. The van der Waals surface area contributed by atoms with Gasteiger partial charge < -0.3 is 9.47 Å². The van der Waals surface area contributed by atoms with Gasteiger partial charge in [-0.3, -0.25) is 4.79 Å². The lowest BCUT2D eigenvalue weighted by Crippen LogP contribution is -2.10. The molecule has 0 aromatic rings. The summed E-state index contributed by atoms with van der Waals surface area (Å²) in [6.45, 7) is 5.38. The van der Waals surface area contributed by atoms with Crippen molar-refractivity contribution in [1.29, 1.82) is 0 Å². The zero-order valence-electron chi connectivity index (χ0n) is 9.74. The van der Waals surface area contributed by atoms with Crippen LogP contribution < -0.4 is 0 Å². The van der Waals surface area contributed by atoms with Crippen molar-refractivity contribution in [3.8, 4) is 0 Å². The Morgan fingerprint density at radius 3 is 2.89 bits per heavy atom. The zero-order valence-corrected chi connectivity index (χ0v) is 12.7. The van der Waals surface area contributed by atoms with Crippen molar-refractivity contribution in [2.75, 3.05) is 13.2 Å².